The molecule has 0 aliphatic carbocycles. The van der Waals surface area contributed by atoms with Crippen molar-refractivity contribution in [3.8, 4) is 5.75 Å². The van der Waals surface area contributed by atoms with E-state index in [0.717, 1.165) is 11.3 Å². The molecule has 7 nitrogen and oxygen atoms in total. The van der Waals surface area contributed by atoms with Gasteiger partial charge in [0.2, 0.25) is 5.91 Å². The minimum atomic E-state index is -0.973. The maximum absolute atomic E-state index is 12.3. The molecule has 2 aromatic rings. The van der Waals surface area contributed by atoms with Crippen LogP contribution in [0.5, 0.6) is 5.75 Å². The molecule has 0 bridgehead atoms. The van der Waals surface area contributed by atoms with Gasteiger partial charge in [-0.1, -0.05) is 12.1 Å². The Labute approximate surface area is 163 Å². The number of carboxylic acid groups (broad SMARTS) is 1. The van der Waals surface area contributed by atoms with Crippen molar-refractivity contribution in [2.75, 3.05) is 11.9 Å². The summed E-state index contributed by atoms with van der Waals surface area (Å²) < 4.78 is 5.63. The average Bonchev–Trinajstić information content (AvgIpc) is 2.61. The third-order valence-electron chi connectivity index (χ3n) is 3.69. The Morgan fingerprint density at radius 1 is 1.07 bits per heavy atom. The van der Waals surface area contributed by atoms with Gasteiger partial charge in [-0.3, -0.25) is 14.4 Å². The second-order valence-electron chi connectivity index (χ2n) is 6.52. The number of hydrogen-bond acceptors (Lipinski definition) is 4. The van der Waals surface area contributed by atoms with E-state index in [9.17, 15) is 14.4 Å². The van der Waals surface area contributed by atoms with Crippen LogP contribution in [0, 0.1) is 0 Å². The Kier molecular flexibility index (Phi) is 7.56. The molecule has 0 aliphatic heterocycles. The smallest absolute Gasteiger partial charge is 0.305 e. The molecule has 2 amide bonds. The molecule has 28 heavy (non-hydrogen) atoms. The lowest BCUT2D eigenvalue weighted by Crippen LogP contribution is -2.26. The summed E-state index contributed by atoms with van der Waals surface area (Å²) in [5, 5.41) is 13.9. The Morgan fingerprint density at radius 2 is 1.79 bits per heavy atom. The van der Waals surface area contributed by atoms with Crippen molar-refractivity contribution in [2.24, 2.45) is 0 Å². The first-order valence-electron chi connectivity index (χ1n) is 8.99. The van der Waals surface area contributed by atoms with E-state index in [0.29, 0.717) is 11.3 Å². The van der Waals surface area contributed by atoms with Crippen LogP contribution in [0.15, 0.2) is 48.5 Å². The van der Waals surface area contributed by atoms with Gasteiger partial charge in [0.25, 0.3) is 5.91 Å². The van der Waals surface area contributed by atoms with Crippen LogP contribution in [0.3, 0.4) is 0 Å². The van der Waals surface area contributed by atoms with E-state index in [2.05, 4.69) is 10.6 Å². The summed E-state index contributed by atoms with van der Waals surface area (Å²) >= 11 is 0. The highest BCUT2D eigenvalue weighted by atomic mass is 16.5. The first-order chi connectivity index (χ1) is 13.3. The molecule has 7 heteroatoms. The van der Waals surface area contributed by atoms with E-state index in [4.69, 9.17) is 9.84 Å². The van der Waals surface area contributed by atoms with Crippen LogP contribution >= 0.6 is 0 Å². The molecule has 0 saturated heterocycles. The van der Waals surface area contributed by atoms with Gasteiger partial charge in [0.1, 0.15) is 5.75 Å². The SMILES string of the molecule is CC(C)Oc1cccc(CC(=O)Nc2ccc(C(=O)NCCC(=O)O)cc2)c1. The van der Waals surface area contributed by atoms with E-state index in [-0.39, 0.29) is 37.3 Å². The molecule has 0 spiro atoms. The summed E-state index contributed by atoms with van der Waals surface area (Å²) in [5.74, 6) is -0.792. The molecule has 148 valence electrons. The molecule has 0 aliphatic rings. The van der Waals surface area contributed by atoms with Crippen LogP contribution in [0.1, 0.15) is 36.2 Å². The lowest BCUT2D eigenvalue weighted by atomic mass is 10.1. The van der Waals surface area contributed by atoms with Crippen molar-refractivity contribution < 1.29 is 24.2 Å². The van der Waals surface area contributed by atoms with Crippen LogP contribution in [0.25, 0.3) is 0 Å². The molecule has 0 atom stereocenters. The molecule has 3 N–H and O–H groups in total. The number of carboxylic acids is 1. The molecule has 2 aromatic carbocycles. The van der Waals surface area contributed by atoms with Gasteiger partial charge in [0, 0.05) is 17.8 Å². The van der Waals surface area contributed by atoms with Crippen molar-refractivity contribution in [1.82, 2.24) is 5.32 Å². The monoisotopic (exact) mass is 384 g/mol. The quantitative estimate of drug-likeness (QED) is 0.617. The van der Waals surface area contributed by atoms with Gasteiger partial charge < -0.3 is 20.5 Å². The fourth-order valence-electron chi connectivity index (χ4n) is 2.48. The first-order valence-corrected chi connectivity index (χ1v) is 8.99. The lowest BCUT2D eigenvalue weighted by Gasteiger charge is -2.11. The number of aliphatic carboxylic acids is 1. The van der Waals surface area contributed by atoms with Gasteiger partial charge >= 0.3 is 5.97 Å². The van der Waals surface area contributed by atoms with E-state index >= 15 is 0 Å². The van der Waals surface area contributed by atoms with Gasteiger partial charge in [0.15, 0.2) is 0 Å². The van der Waals surface area contributed by atoms with E-state index in [1.165, 1.54) is 0 Å². The standard InChI is InChI=1S/C21H24N2O5/c1-14(2)28-18-5-3-4-15(12-18)13-19(24)23-17-8-6-16(7-9-17)21(27)22-11-10-20(25)26/h3-9,12,14H,10-11,13H2,1-2H3,(H,22,27)(H,23,24)(H,25,26). The molecule has 2 rings (SSSR count). The average molecular weight is 384 g/mol. The minimum absolute atomic E-state index is 0.0592. The molecule has 0 fully saturated rings. The van der Waals surface area contributed by atoms with Gasteiger partial charge in [-0.15, -0.1) is 0 Å². The number of benzene rings is 2. The number of carbonyl (C=O) groups excluding carboxylic acids is 2. The maximum atomic E-state index is 12.3. The van der Waals surface area contributed by atoms with Crippen molar-refractivity contribution in [3.63, 3.8) is 0 Å². The Hall–Kier alpha value is -3.35. The van der Waals surface area contributed by atoms with E-state index in [1.54, 1.807) is 24.3 Å². The second-order valence-corrected chi connectivity index (χ2v) is 6.52. The maximum Gasteiger partial charge on any atom is 0.305 e. The Morgan fingerprint density at radius 3 is 2.43 bits per heavy atom. The number of hydrogen-bond donors (Lipinski definition) is 3. The van der Waals surface area contributed by atoms with Gasteiger partial charge in [-0.25, -0.2) is 0 Å². The molecule has 0 radical (unpaired) electrons. The number of ether oxygens (including phenoxy) is 1. The zero-order chi connectivity index (χ0) is 20.5. The zero-order valence-corrected chi connectivity index (χ0v) is 15.9. The number of rotatable bonds is 9. The van der Waals surface area contributed by atoms with Crippen molar-refractivity contribution in [1.29, 1.82) is 0 Å². The molecular formula is C21H24N2O5. The summed E-state index contributed by atoms with van der Waals surface area (Å²) in [4.78, 5) is 34.6. The molecule has 0 unspecified atom stereocenters. The fourth-order valence-corrected chi connectivity index (χ4v) is 2.48. The molecule has 0 heterocycles. The summed E-state index contributed by atoms with van der Waals surface area (Å²) in [5.41, 5.74) is 1.80. The minimum Gasteiger partial charge on any atom is -0.491 e. The summed E-state index contributed by atoms with van der Waals surface area (Å²) in [6.07, 6.45) is 0.125. The molecule has 0 aromatic heterocycles. The third-order valence-corrected chi connectivity index (χ3v) is 3.69. The Balaban J connectivity index is 1.88. The summed E-state index contributed by atoms with van der Waals surface area (Å²) in [6, 6.07) is 13.8. The molecule has 0 saturated carbocycles. The van der Waals surface area contributed by atoms with Crippen molar-refractivity contribution >= 4 is 23.5 Å². The van der Waals surface area contributed by atoms with Crippen LogP contribution in [-0.4, -0.2) is 35.5 Å². The topological polar surface area (TPSA) is 105 Å². The van der Waals surface area contributed by atoms with Gasteiger partial charge in [0.05, 0.1) is 18.9 Å². The van der Waals surface area contributed by atoms with Crippen LogP contribution < -0.4 is 15.4 Å². The summed E-state index contributed by atoms with van der Waals surface area (Å²) in [6.45, 7) is 3.94. The predicted molar refractivity (Wildman–Crippen MR) is 106 cm³/mol. The van der Waals surface area contributed by atoms with Gasteiger partial charge in [-0.2, -0.15) is 0 Å². The number of carbonyl (C=O) groups is 3. The Bertz CT molecular complexity index is 831. The first kappa shape index (κ1) is 21.0. The highest BCUT2D eigenvalue weighted by molar-refractivity contribution is 5.96. The second kappa shape index (κ2) is 10.1. The fraction of sp³-hybridized carbons (Fsp3) is 0.286. The van der Waals surface area contributed by atoms with E-state index < -0.39 is 5.97 Å². The van der Waals surface area contributed by atoms with Crippen molar-refractivity contribution in [3.05, 3.63) is 59.7 Å². The number of amides is 2. The molecular weight excluding hydrogens is 360 g/mol. The largest absolute Gasteiger partial charge is 0.491 e. The summed E-state index contributed by atoms with van der Waals surface area (Å²) in [7, 11) is 0. The number of nitrogens with one attached hydrogen (secondary N) is 2. The van der Waals surface area contributed by atoms with Crippen LogP contribution in [0.4, 0.5) is 5.69 Å². The zero-order valence-electron chi connectivity index (χ0n) is 15.9. The van der Waals surface area contributed by atoms with E-state index in [1.807, 2.05) is 38.1 Å². The number of anilines is 1. The van der Waals surface area contributed by atoms with Crippen LogP contribution in [-0.2, 0) is 16.0 Å². The third kappa shape index (κ3) is 7.11. The predicted octanol–water partition coefficient (Wildman–Crippen LogP) is 2.86. The normalized spacial score (nSPS) is 10.4. The van der Waals surface area contributed by atoms with Crippen LogP contribution in [0.2, 0.25) is 0 Å². The van der Waals surface area contributed by atoms with Gasteiger partial charge in [-0.05, 0) is 55.8 Å². The highest BCUT2D eigenvalue weighted by Gasteiger charge is 2.09. The highest BCUT2D eigenvalue weighted by Crippen LogP contribution is 2.16. The lowest BCUT2D eigenvalue weighted by molar-refractivity contribution is -0.136. The van der Waals surface area contributed by atoms with Crippen molar-refractivity contribution in [2.45, 2.75) is 32.8 Å².